The van der Waals surface area contributed by atoms with E-state index in [2.05, 4.69) is 9.88 Å². The molecule has 3 aliphatic rings. The topological polar surface area (TPSA) is 134 Å². The highest BCUT2D eigenvalue weighted by Crippen LogP contribution is 2.47. The SMILES string of the molecule is Cc1cccc(COCC2CCS(=O)(=O)C23CN(C2CCC2)C3)n1.O=C(O)C(F)(F)F.O=C(O)C(F)(F)F. The summed E-state index contributed by atoms with van der Waals surface area (Å²) in [7, 11) is -2.99. The van der Waals surface area contributed by atoms with E-state index in [4.69, 9.17) is 24.5 Å². The van der Waals surface area contributed by atoms with Gasteiger partial charge in [0.2, 0.25) is 0 Å². The van der Waals surface area contributed by atoms with E-state index >= 15 is 0 Å². The number of carbonyl (C=O) groups is 2. The number of hydrogen-bond acceptors (Lipinski definition) is 7. The minimum absolute atomic E-state index is 0.128. The van der Waals surface area contributed by atoms with E-state index in [1.54, 1.807) is 0 Å². The van der Waals surface area contributed by atoms with Crippen LogP contribution in [0.15, 0.2) is 18.2 Å². The molecule has 1 atom stereocenters. The van der Waals surface area contributed by atoms with E-state index in [1.165, 1.54) is 19.3 Å². The number of alkyl halides is 6. The average molecular weight is 579 g/mol. The summed E-state index contributed by atoms with van der Waals surface area (Å²) in [6, 6.07) is 6.52. The molecule has 38 heavy (non-hydrogen) atoms. The number of likely N-dealkylation sites (tertiary alicyclic amines) is 1. The number of hydrogen-bond donors (Lipinski definition) is 2. The molecule has 1 aromatic heterocycles. The molecule has 1 aromatic rings. The van der Waals surface area contributed by atoms with E-state index < -0.39 is 38.9 Å². The first-order valence-corrected chi connectivity index (χ1v) is 13.1. The zero-order chi connectivity index (χ0) is 28.9. The number of ether oxygens (including phenoxy) is 1. The molecule has 3 heterocycles. The number of aryl methyl sites for hydroxylation is 1. The van der Waals surface area contributed by atoms with Crippen LogP contribution in [0, 0.1) is 12.8 Å². The van der Waals surface area contributed by atoms with Crippen LogP contribution < -0.4 is 0 Å². The zero-order valence-electron chi connectivity index (χ0n) is 20.3. The molecule has 2 aliphatic heterocycles. The van der Waals surface area contributed by atoms with Gasteiger partial charge in [-0.3, -0.25) is 9.88 Å². The second-order valence-electron chi connectivity index (χ2n) is 9.25. The van der Waals surface area contributed by atoms with Gasteiger partial charge >= 0.3 is 24.3 Å². The summed E-state index contributed by atoms with van der Waals surface area (Å²) >= 11 is 0. The van der Waals surface area contributed by atoms with Crippen molar-refractivity contribution in [1.82, 2.24) is 9.88 Å². The standard InChI is InChI=1S/C18H26N2O3S.2C2HF3O2/c1-14-4-2-5-16(19-14)11-23-10-15-8-9-24(21,22)18(15)12-20(13-18)17-6-3-7-17;2*3-2(4,5)1(6)7/h2,4-5,15,17H,3,6-13H2,1H3;2*(H,6,7). The third-order valence-corrected chi connectivity index (χ3v) is 9.23. The number of carboxylic acid groups (broad SMARTS) is 2. The highest BCUT2D eigenvalue weighted by molar-refractivity contribution is 7.93. The average Bonchev–Trinajstić information content (AvgIpc) is 2.97. The van der Waals surface area contributed by atoms with Gasteiger partial charge < -0.3 is 14.9 Å². The third kappa shape index (κ3) is 8.02. The Morgan fingerprint density at radius 2 is 1.58 bits per heavy atom. The maximum atomic E-state index is 12.6. The van der Waals surface area contributed by atoms with Gasteiger partial charge in [-0.1, -0.05) is 12.5 Å². The number of carboxylic acids is 2. The fraction of sp³-hybridized carbons (Fsp3) is 0.682. The number of aromatic nitrogens is 1. The zero-order valence-corrected chi connectivity index (χ0v) is 21.1. The summed E-state index contributed by atoms with van der Waals surface area (Å²) < 4.78 is 94.1. The van der Waals surface area contributed by atoms with Gasteiger partial charge in [0.15, 0.2) is 9.84 Å². The largest absolute Gasteiger partial charge is 0.490 e. The summed E-state index contributed by atoms with van der Waals surface area (Å²) in [4.78, 5) is 24.6. The first-order valence-electron chi connectivity index (χ1n) is 11.5. The highest BCUT2D eigenvalue weighted by Gasteiger charge is 2.62. The van der Waals surface area contributed by atoms with Crippen molar-refractivity contribution in [3.8, 4) is 0 Å². The molecule has 2 saturated heterocycles. The number of sulfone groups is 1. The van der Waals surface area contributed by atoms with Crippen LogP contribution in [0.1, 0.15) is 37.1 Å². The van der Waals surface area contributed by atoms with Crippen molar-refractivity contribution < 1.29 is 59.3 Å². The van der Waals surface area contributed by atoms with Gasteiger partial charge in [-0.25, -0.2) is 18.0 Å². The molecular weight excluding hydrogens is 550 g/mol. The lowest BCUT2D eigenvalue weighted by Gasteiger charge is -2.55. The fourth-order valence-electron chi connectivity index (χ4n) is 4.34. The summed E-state index contributed by atoms with van der Waals surface area (Å²) in [5.74, 6) is -5.06. The van der Waals surface area contributed by atoms with E-state index in [0.717, 1.165) is 30.9 Å². The minimum Gasteiger partial charge on any atom is -0.475 e. The number of rotatable bonds is 5. The molecule has 9 nitrogen and oxygen atoms in total. The molecule has 16 heteroatoms. The van der Waals surface area contributed by atoms with Crippen LogP contribution >= 0.6 is 0 Å². The molecule has 1 aliphatic carbocycles. The molecular formula is C22H28F6N2O7S. The van der Waals surface area contributed by atoms with Crippen molar-refractivity contribution in [3.05, 3.63) is 29.6 Å². The van der Waals surface area contributed by atoms with Crippen molar-refractivity contribution in [3.63, 3.8) is 0 Å². The molecule has 1 saturated carbocycles. The van der Waals surface area contributed by atoms with Crippen molar-refractivity contribution in [2.75, 3.05) is 25.4 Å². The van der Waals surface area contributed by atoms with Crippen molar-refractivity contribution >= 4 is 21.8 Å². The maximum absolute atomic E-state index is 12.6. The summed E-state index contributed by atoms with van der Waals surface area (Å²) in [5.41, 5.74) is 1.89. The summed E-state index contributed by atoms with van der Waals surface area (Å²) in [6.45, 7) is 4.38. The maximum Gasteiger partial charge on any atom is 0.490 e. The molecule has 216 valence electrons. The van der Waals surface area contributed by atoms with Gasteiger partial charge in [0.25, 0.3) is 0 Å². The Hall–Kier alpha value is -2.46. The normalized spacial score (nSPS) is 22.2. The van der Waals surface area contributed by atoms with Gasteiger partial charge in [-0.05, 0) is 38.3 Å². The molecule has 0 aromatic carbocycles. The first kappa shape index (κ1) is 31.8. The van der Waals surface area contributed by atoms with Crippen LogP contribution in [0.4, 0.5) is 26.3 Å². The van der Waals surface area contributed by atoms with E-state index in [-0.39, 0.29) is 5.92 Å². The second kappa shape index (κ2) is 12.2. The number of pyridine rings is 1. The predicted octanol–water partition coefficient (Wildman–Crippen LogP) is 3.21. The lowest BCUT2D eigenvalue weighted by Crippen LogP contribution is -2.70. The first-order chi connectivity index (χ1) is 17.4. The number of halogens is 6. The Labute approximate surface area is 214 Å². The second-order valence-corrected chi connectivity index (χ2v) is 11.7. The molecule has 4 rings (SSSR count). The quantitative estimate of drug-likeness (QED) is 0.505. The van der Waals surface area contributed by atoms with Gasteiger partial charge in [0, 0.05) is 30.7 Å². The molecule has 3 fully saturated rings. The predicted molar refractivity (Wildman–Crippen MR) is 120 cm³/mol. The number of aliphatic carboxylic acids is 2. The van der Waals surface area contributed by atoms with Gasteiger partial charge in [0.1, 0.15) is 4.75 Å². The smallest absolute Gasteiger partial charge is 0.475 e. The lowest BCUT2D eigenvalue weighted by molar-refractivity contribution is -0.193. The van der Waals surface area contributed by atoms with Crippen LogP contribution in [-0.2, 0) is 30.8 Å². The third-order valence-electron chi connectivity index (χ3n) is 6.63. The Morgan fingerprint density at radius 1 is 1.05 bits per heavy atom. The number of nitrogens with zero attached hydrogens (tertiary/aromatic N) is 2. The van der Waals surface area contributed by atoms with Crippen LogP contribution in [0.5, 0.6) is 0 Å². The Kier molecular flexibility index (Phi) is 10.2. The minimum atomic E-state index is -5.08. The van der Waals surface area contributed by atoms with Gasteiger partial charge in [-0.15, -0.1) is 0 Å². The fourth-order valence-corrected chi connectivity index (χ4v) is 6.76. The summed E-state index contributed by atoms with van der Waals surface area (Å²) in [6.07, 6.45) is -5.67. The van der Waals surface area contributed by atoms with Crippen LogP contribution in [0.25, 0.3) is 0 Å². The van der Waals surface area contributed by atoms with Crippen molar-refractivity contribution in [1.29, 1.82) is 0 Å². The Morgan fingerprint density at radius 3 is 2.00 bits per heavy atom. The van der Waals surface area contributed by atoms with Crippen molar-refractivity contribution in [2.24, 2.45) is 5.92 Å². The van der Waals surface area contributed by atoms with Crippen LogP contribution in [0.2, 0.25) is 0 Å². The van der Waals surface area contributed by atoms with Gasteiger partial charge in [0.05, 0.1) is 24.7 Å². The Balaban J connectivity index is 0.000000301. The molecule has 2 N–H and O–H groups in total. The van der Waals surface area contributed by atoms with Crippen LogP contribution in [0.3, 0.4) is 0 Å². The van der Waals surface area contributed by atoms with Crippen molar-refractivity contribution in [2.45, 2.75) is 62.4 Å². The molecule has 0 bridgehead atoms. The summed E-state index contributed by atoms with van der Waals surface area (Å²) in [5, 5.41) is 14.2. The monoisotopic (exact) mass is 578 g/mol. The van der Waals surface area contributed by atoms with E-state index in [1.807, 2.05) is 25.1 Å². The van der Waals surface area contributed by atoms with Crippen LogP contribution in [-0.4, -0.2) is 89.0 Å². The van der Waals surface area contributed by atoms with E-state index in [0.29, 0.717) is 25.0 Å². The molecule has 1 spiro atoms. The highest BCUT2D eigenvalue weighted by atomic mass is 32.2. The van der Waals surface area contributed by atoms with E-state index in [9.17, 15) is 34.8 Å². The van der Waals surface area contributed by atoms with Gasteiger partial charge in [-0.2, -0.15) is 26.3 Å². The lowest BCUT2D eigenvalue weighted by atomic mass is 9.79. The Bertz CT molecular complexity index is 1060. The molecule has 1 unspecified atom stereocenters. The molecule has 0 radical (unpaired) electrons. The molecule has 0 amide bonds.